The fraction of sp³-hybridized carbons (Fsp3) is 0.286. The van der Waals surface area contributed by atoms with Gasteiger partial charge < -0.3 is 5.73 Å². The van der Waals surface area contributed by atoms with Gasteiger partial charge in [-0.15, -0.1) is 0 Å². The van der Waals surface area contributed by atoms with Gasteiger partial charge in [-0.05, 0) is 24.7 Å². The molecule has 0 amide bonds. The van der Waals surface area contributed by atoms with Crippen LogP contribution < -0.4 is 5.73 Å². The molecule has 0 aromatic carbocycles. The molecule has 2 heteroatoms. The molecule has 0 saturated heterocycles. The van der Waals surface area contributed by atoms with Crippen molar-refractivity contribution in [2.45, 2.75) is 6.42 Å². The van der Waals surface area contributed by atoms with Gasteiger partial charge in [0.15, 0.2) is 4.99 Å². The molecule has 0 heterocycles. The lowest BCUT2D eigenvalue weighted by molar-refractivity contribution is -0.215. The van der Waals surface area contributed by atoms with Crippen LogP contribution in [0.15, 0.2) is 12.2 Å². The highest BCUT2D eigenvalue weighted by molar-refractivity contribution is 7.79. The Morgan fingerprint density at radius 1 is 1.78 bits per heavy atom. The molecule has 9 heavy (non-hydrogen) atoms. The van der Waals surface area contributed by atoms with E-state index in [9.17, 15) is 0 Å². The second-order valence-electron chi connectivity index (χ2n) is 1.95. The second kappa shape index (κ2) is 2.77. The van der Waals surface area contributed by atoms with Crippen LogP contribution in [0.1, 0.15) is 6.42 Å². The van der Waals surface area contributed by atoms with Crippen molar-refractivity contribution < 1.29 is 5.73 Å². The third-order valence-electron chi connectivity index (χ3n) is 1.22. The van der Waals surface area contributed by atoms with E-state index in [1.807, 2.05) is 12.2 Å². The van der Waals surface area contributed by atoms with E-state index in [-0.39, 0.29) is 5.92 Å². The fourth-order valence-electron chi connectivity index (χ4n) is 0.683. The van der Waals surface area contributed by atoms with E-state index in [4.69, 9.17) is 12.2 Å². The third kappa shape index (κ3) is 1.63. The van der Waals surface area contributed by atoms with Gasteiger partial charge in [0.25, 0.3) is 0 Å². The highest BCUT2D eigenvalue weighted by atomic mass is 32.1. The van der Waals surface area contributed by atoms with Crippen molar-refractivity contribution in [3.05, 3.63) is 12.2 Å². The molecule has 3 N–H and O–H groups in total. The number of hydrogen-bond donors (Lipinski definition) is 1. The number of allylic oxidation sites excluding steroid dienone is 2. The van der Waals surface area contributed by atoms with Crippen LogP contribution in [0.5, 0.6) is 0 Å². The fourth-order valence-corrected chi connectivity index (χ4v) is 0.838. The highest BCUT2D eigenvalue weighted by Gasteiger charge is 2.10. The molecule has 0 radical (unpaired) electrons. The first-order chi connectivity index (χ1) is 4.30. The Balaban J connectivity index is 2.63. The zero-order valence-corrected chi connectivity index (χ0v) is 5.87. The first-order valence-corrected chi connectivity index (χ1v) is 3.23. The number of thiocarbonyl (C=S) groups is 1. The van der Waals surface area contributed by atoms with Crippen LogP contribution in [0.4, 0.5) is 0 Å². The Hall–Kier alpha value is -0.650. The number of rotatable bonds is 1. The first-order valence-electron chi connectivity index (χ1n) is 2.82. The SMILES string of the molecule is [NH3+]C(=S)C1C#CC=CC1. The Labute approximate surface area is 59.9 Å². The summed E-state index contributed by atoms with van der Waals surface area (Å²) in [5, 5.41) is 0. The lowest BCUT2D eigenvalue weighted by atomic mass is 10.0. The molecule has 1 rings (SSSR count). The topological polar surface area (TPSA) is 27.6 Å². The summed E-state index contributed by atoms with van der Waals surface area (Å²) in [5.74, 6) is 6.06. The van der Waals surface area contributed by atoms with Crippen molar-refractivity contribution >= 4 is 17.2 Å². The van der Waals surface area contributed by atoms with Crippen molar-refractivity contribution in [2.24, 2.45) is 5.92 Å². The van der Waals surface area contributed by atoms with Gasteiger partial charge in [0.05, 0.1) is 0 Å². The molecule has 0 saturated carbocycles. The van der Waals surface area contributed by atoms with Crippen LogP contribution in [0, 0.1) is 17.8 Å². The molecule has 0 fully saturated rings. The largest absolute Gasteiger partial charge is 0.318 e. The summed E-state index contributed by atoms with van der Waals surface area (Å²) in [4.78, 5) is 0.756. The predicted octanol–water partition coefficient (Wildman–Crippen LogP) is 0.135. The maximum absolute atomic E-state index is 4.87. The van der Waals surface area contributed by atoms with Crippen LogP contribution in [0.3, 0.4) is 0 Å². The van der Waals surface area contributed by atoms with Crippen LogP contribution in [0.25, 0.3) is 0 Å². The van der Waals surface area contributed by atoms with Crippen molar-refractivity contribution in [1.82, 2.24) is 0 Å². The zero-order valence-electron chi connectivity index (χ0n) is 5.05. The molecule has 1 aliphatic rings. The van der Waals surface area contributed by atoms with Gasteiger partial charge in [-0.1, -0.05) is 17.9 Å². The maximum atomic E-state index is 4.87. The first kappa shape index (κ1) is 6.47. The summed E-state index contributed by atoms with van der Waals surface area (Å²) >= 11 is 4.87. The maximum Gasteiger partial charge on any atom is 0.184 e. The van der Waals surface area contributed by atoms with Crippen molar-refractivity contribution in [2.75, 3.05) is 0 Å². The van der Waals surface area contributed by atoms with E-state index in [1.165, 1.54) is 0 Å². The quantitative estimate of drug-likeness (QED) is 0.405. The van der Waals surface area contributed by atoms with E-state index in [0.29, 0.717) is 0 Å². The Morgan fingerprint density at radius 3 is 2.89 bits per heavy atom. The molecular weight excluding hydrogens is 130 g/mol. The average Bonchev–Trinajstić information content (AvgIpc) is 1.90. The summed E-state index contributed by atoms with van der Waals surface area (Å²) in [6, 6.07) is 0. The van der Waals surface area contributed by atoms with Gasteiger partial charge in [-0.25, -0.2) is 0 Å². The van der Waals surface area contributed by atoms with Gasteiger partial charge >= 0.3 is 0 Å². The summed E-state index contributed by atoms with van der Waals surface area (Å²) in [6.07, 6.45) is 4.82. The smallest absolute Gasteiger partial charge is 0.184 e. The van der Waals surface area contributed by atoms with E-state index >= 15 is 0 Å². The average molecular weight is 138 g/mol. The standard InChI is InChI=1S/C7H7NS/c8-7(9)6-4-2-1-3-5-6/h1-2,6H,4H2,(H2,8,9)/p+1. The lowest BCUT2D eigenvalue weighted by Gasteiger charge is -2.02. The molecule has 1 atom stereocenters. The minimum atomic E-state index is 0.227. The highest BCUT2D eigenvalue weighted by Crippen LogP contribution is 2.04. The summed E-state index contributed by atoms with van der Waals surface area (Å²) in [7, 11) is 0. The van der Waals surface area contributed by atoms with Crippen LogP contribution >= 0.6 is 12.2 Å². The molecule has 46 valence electrons. The van der Waals surface area contributed by atoms with E-state index in [2.05, 4.69) is 17.6 Å². The molecule has 0 aliphatic heterocycles. The predicted molar refractivity (Wildman–Crippen MR) is 40.5 cm³/mol. The van der Waals surface area contributed by atoms with E-state index < -0.39 is 0 Å². The monoisotopic (exact) mass is 138 g/mol. The summed E-state index contributed by atoms with van der Waals surface area (Å²) < 4.78 is 0. The molecule has 0 aromatic rings. The van der Waals surface area contributed by atoms with Crippen LogP contribution in [0.2, 0.25) is 0 Å². The van der Waals surface area contributed by atoms with Gasteiger partial charge in [0, 0.05) is 0 Å². The van der Waals surface area contributed by atoms with Crippen LogP contribution in [-0.2, 0) is 0 Å². The molecule has 1 aliphatic carbocycles. The normalized spacial score (nSPS) is 22.6. The van der Waals surface area contributed by atoms with Gasteiger partial charge in [0.2, 0.25) is 0 Å². The van der Waals surface area contributed by atoms with Gasteiger partial charge in [-0.3, -0.25) is 0 Å². The molecule has 0 aromatic heterocycles. The third-order valence-corrected chi connectivity index (χ3v) is 1.50. The Morgan fingerprint density at radius 2 is 2.56 bits per heavy atom. The van der Waals surface area contributed by atoms with E-state index in [0.717, 1.165) is 11.4 Å². The molecule has 0 bridgehead atoms. The van der Waals surface area contributed by atoms with Gasteiger partial charge in [-0.2, -0.15) is 0 Å². The molecule has 1 unspecified atom stereocenters. The summed E-state index contributed by atoms with van der Waals surface area (Å²) in [5.41, 5.74) is 3.66. The lowest BCUT2D eigenvalue weighted by Crippen LogP contribution is -2.58. The Kier molecular flexibility index (Phi) is 1.99. The number of quaternary nitrogens is 1. The minimum absolute atomic E-state index is 0.227. The molecule has 0 spiro atoms. The summed E-state index contributed by atoms with van der Waals surface area (Å²) in [6.45, 7) is 0. The zero-order chi connectivity index (χ0) is 6.69. The second-order valence-corrected chi connectivity index (χ2v) is 2.47. The van der Waals surface area contributed by atoms with Crippen molar-refractivity contribution in [3.63, 3.8) is 0 Å². The van der Waals surface area contributed by atoms with E-state index in [1.54, 1.807) is 0 Å². The van der Waals surface area contributed by atoms with Gasteiger partial charge in [0.1, 0.15) is 5.92 Å². The number of hydrogen-bond acceptors (Lipinski definition) is 1. The molecular formula is C7H8NS+. The molecule has 1 nitrogen and oxygen atoms in total. The van der Waals surface area contributed by atoms with Crippen LogP contribution in [-0.4, -0.2) is 4.99 Å². The minimum Gasteiger partial charge on any atom is -0.318 e. The Bertz CT molecular complexity index is 207. The van der Waals surface area contributed by atoms with Crippen molar-refractivity contribution in [3.8, 4) is 11.8 Å². The van der Waals surface area contributed by atoms with Crippen molar-refractivity contribution in [1.29, 1.82) is 0 Å².